The summed E-state index contributed by atoms with van der Waals surface area (Å²) >= 11 is 0. The molecule has 4 aromatic carbocycles. The molecule has 1 saturated carbocycles. The summed E-state index contributed by atoms with van der Waals surface area (Å²) in [5.41, 5.74) is 8.49. The predicted molar refractivity (Wildman–Crippen MR) is 185 cm³/mol. The van der Waals surface area contributed by atoms with Crippen molar-refractivity contribution in [1.29, 1.82) is 0 Å². The Balaban J connectivity index is 0.000000200. The second kappa shape index (κ2) is 19.1. The Kier molecular flexibility index (Phi) is 14.5. The highest BCUT2D eigenvalue weighted by atomic mass is 14.2. The molecule has 0 radical (unpaired) electrons. The van der Waals surface area contributed by atoms with Gasteiger partial charge in [-0.1, -0.05) is 193 Å². The van der Waals surface area contributed by atoms with Gasteiger partial charge in [0.15, 0.2) is 0 Å². The van der Waals surface area contributed by atoms with Crippen molar-refractivity contribution in [3.8, 4) is 22.3 Å². The summed E-state index contributed by atoms with van der Waals surface area (Å²) in [4.78, 5) is 0. The van der Waals surface area contributed by atoms with Crippen LogP contribution >= 0.6 is 0 Å². The van der Waals surface area contributed by atoms with Gasteiger partial charge in [0.05, 0.1) is 0 Å². The fourth-order valence-electron chi connectivity index (χ4n) is 6.48. The molecule has 0 atom stereocenters. The summed E-state index contributed by atoms with van der Waals surface area (Å²) in [6.07, 6.45) is 22.2. The summed E-state index contributed by atoms with van der Waals surface area (Å²) in [5.74, 6) is 0.794. The van der Waals surface area contributed by atoms with Crippen molar-refractivity contribution >= 4 is 0 Å². The van der Waals surface area contributed by atoms with Crippen LogP contribution in [0.15, 0.2) is 109 Å². The van der Waals surface area contributed by atoms with Gasteiger partial charge >= 0.3 is 0 Å². The minimum atomic E-state index is 0.794. The van der Waals surface area contributed by atoms with Crippen molar-refractivity contribution in [2.24, 2.45) is 0 Å². The minimum absolute atomic E-state index is 0.794. The van der Waals surface area contributed by atoms with Crippen molar-refractivity contribution in [2.45, 2.75) is 116 Å². The van der Waals surface area contributed by atoms with Crippen LogP contribution < -0.4 is 0 Å². The van der Waals surface area contributed by atoms with Gasteiger partial charge in [0.1, 0.15) is 0 Å². The van der Waals surface area contributed by atoms with E-state index in [1.807, 2.05) is 0 Å². The van der Waals surface area contributed by atoms with E-state index in [2.05, 4.69) is 116 Å². The zero-order valence-corrected chi connectivity index (χ0v) is 26.3. The molecule has 0 spiro atoms. The van der Waals surface area contributed by atoms with Crippen LogP contribution in [0.3, 0.4) is 0 Å². The van der Waals surface area contributed by atoms with Gasteiger partial charge in [-0.25, -0.2) is 0 Å². The molecule has 0 nitrogen and oxygen atoms in total. The fraction of sp³-hybridized carbons (Fsp3) is 0.429. The van der Waals surface area contributed by atoms with Gasteiger partial charge in [0, 0.05) is 0 Å². The molecule has 222 valence electrons. The number of rotatable bonds is 14. The third-order valence-corrected chi connectivity index (χ3v) is 8.97. The summed E-state index contributed by atoms with van der Waals surface area (Å²) in [6, 6.07) is 39.5. The molecular formula is C42H54. The standard InChI is InChI=1S/C24H34.C18H20/c1-2-3-4-5-6-7-8-9-10-12-17-23-20-15-16-21-24(23)22-18-13-11-14-19-22;1-3-8-15(9-4-1)17-12-7-13-18(14-17)16-10-5-2-6-11-16/h11,13-16,18-21H,2-10,12,17H2,1H3;1,3-4,7-9,12-14,16H,2,5-6,10-11H2. The Morgan fingerprint density at radius 3 is 1.69 bits per heavy atom. The lowest BCUT2D eigenvalue weighted by Crippen LogP contribution is -2.04. The molecule has 0 bridgehead atoms. The first kappa shape index (κ1) is 31.8. The maximum absolute atomic E-state index is 2.39. The van der Waals surface area contributed by atoms with E-state index in [4.69, 9.17) is 0 Å². The van der Waals surface area contributed by atoms with Crippen LogP contribution in [0.5, 0.6) is 0 Å². The SMILES string of the molecule is CCCCCCCCCCCCc1ccccc1-c1ccccc1.c1ccc(-c2cccc(C3CCCCC3)c2)cc1. The van der Waals surface area contributed by atoms with E-state index in [0.717, 1.165) is 5.92 Å². The summed E-state index contributed by atoms with van der Waals surface area (Å²) in [6.45, 7) is 2.29. The molecule has 1 aliphatic carbocycles. The molecule has 42 heavy (non-hydrogen) atoms. The van der Waals surface area contributed by atoms with E-state index in [0.29, 0.717) is 0 Å². The largest absolute Gasteiger partial charge is 0.0654 e. The zero-order chi connectivity index (χ0) is 29.1. The molecule has 1 aliphatic rings. The van der Waals surface area contributed by atoms with E-state index in [9.17, 15) is 0 Å². The maximum Gasteiger partial charge on any atom is -0.0152 e. The molecule has 5 rings (SSSR count). The number of hydrogen-bond acceptors (Lipinski definition) is 0. The van der Waals surface area contributed by atoms with Crippen LogP contribution in [0.25, 0.3) is 22.3 Å². The van der Waals surface area contributed by atoms with Crippen molar-refractivity contribution in [3.63, 3.8) is 0 Å². The predicted octanol–water partition coefficient (Wildman–Crippen LogP) is 13.2. The normalized spacial score (nSPS) is 13.4. The van der Waals surface area contributed by atoms with Crippen molar-refractivity contribution in [2.75, 3.05) is 0 Å². The van der Waals surface area contributed by atoms with E-state index >= 15 is 0 Å². The summed E-state index contributed by atoms with van der Waals surface area (Å²) < 4.78 is 0. The highest BCUT2D eigenvalue weighted by Crippen LogP contribution is 2.34. The molecule has 4 aromatic rings. The maximum atomic E-state index is 2.39. The van der Waals surface area contributed by atoms with Crippen LogP contribution in [0.1, 0.15) is 120 Å². The zero-order valence-electron chi connectivity index (χ0n) is 26.3. The molecule has 0 saturated heterocycles. The smallest absolute Gasteiger partial charge is 0.0152 e. The second-order valence-corrected chi connectivity index (χ2v) is 12.3. The van der Waals surface area contributed by atoms with Crippen LogP contribution in [0.2, 0.25) is 0 Å². The first-order valence-electron chi connectivity index (χ1n) is 17.1. The molecule has 0 heteroatoms. The van der Waals surface area contributed by atoms with Gasteiger partial charge in [-0.2, -0.15) is 0 Å². The Bertz CT molecular complexity index is 1230. The van der Waals surface area contributed by atoms with Crippen LogP contribution in [0, 0.1) is 0 Å². The van der Waals surface area contributed by atoms with Gasteiger partial charge < -0.3 is 0 Å². The van der Waals surface area contributed by atoms with Crippen molar-refractivity contribution < 1.29 is 0 Å². The van der Waals surface area contributed by atoms with E-state index in [-0.39, 0.29) is 0 Å². The topological polar surface area (TPSA) is 0 Å². The molecular weight excluding hydrogens is 504 g/mol. The van der Waals surface area contributed by atoms with E-state index in [1.54, 1.807) is 0 Å². The number of benzene rings is 4. The lowest BCUT2D eigenvalue weighted by molar-refractivity contribution is 0.444. The molecule has 0 amide bonds. The highest BCUT2D eigenvalue weighted by Gasteiger charge is 2.15. The quantitative estimate of drug-likeness (QED) is 0.135. The first-order chi connectivity index (χ1) is 20.8. The third kappa shape index (κ3) is 10.9. The monoisotopic (exact) mass is 558 g/mol. The molecule has 1 fully saturated rings. The Morgan fingerprint density at radius 1 is 0.476 bits per heavy atom. The number of unbranched alkanes of at least 4 members (excludes halogenated alkanes) is 9. The highest BCUT2D eigenvalue weighted by molar-refractivity contribution is 5.67. The second-order valence-electron chi connectivity index (χ2n) is 12.3. The molecule has 0 unspecified atom stereocenters. The Hall–Kier alpha value is -3.12. The molecule has 0 heterocycles. The molecule has 0 aliphatic heterocycles. The van der Waals surface area contributed by atoms with Crippen LogP contribution in [-0.2, 0) is 6.42 Å². The third-order valence-electron chi connectivity index (χ3n) is 8.97. The first-order valence-corrected chi connectivity index (χ1v) is 17.1. The van der Waals surface area contributed by atoms with E-state index in [1.165, 1.54) is 136 Å². The molecule has 0 aromatic heterocycles. The minimum Gasteiger partial charge on any atom is -0.0654 e. The summed E-state index contributed by atoms with van der Waals surface area (Å²) in [7, 11) is 0. The van der Waals surface area contributed by atoms with Crippen LogP contribution in [-0.4, -0.2) is 0 Å². The van der Waals surface area contributed by atoms with Gasteiger partial charge in [-0.3, -0.25) is 0 Å². The lowest BCUT2D eigenvalue weighted by Gasteiger charge is -2.22. The number of aryl methyl sites for hydroxylation is 1. The average Bonchev–Trinajstić information content (AvgIpc) is 3.07. The van der Waals surface area contributed by atoms with Crippen molar-refractivity contribution in [1.82, 2.24) is 0 Å². The van der Waals surface area contributed by atoms with Crippen LogP contribution in [0.4, 0.5) is 0 Å². The van der Waals surface area contributed by atoms with Gasteiger partial charge in [0.2, 0.25) is 0 Å². The average molecular weight is 559 g/mol. The Labute approximate surface area is 257 Å². The van der Waals surface area contributed by atoms with Gasteiger partial charge in [0.25, 0.3) is 0 Å². The lowest BCUT2D eigenvalue weighted by atomic mass is 9.83. The van der Waals surface area contributed by atoms with Crippen molar-refractivity contribution in [3.05, 3.63) is 120 Å². The summed E-state index contributed by atoms with van der Waals surface area (Å²) in [5, 5.41) is 0. The van der Waals surface area contributed by atoms with Gasteiger partial charge in [-0.15, -0.1) is 0 Å². The number of hydrogen-bond donors (Lipinski definition) is 0. The Morgan fingerprint density at radius 2 is 1.02 bits per heavy atom. The fourth-order valence-corrected chi connectivity index (χ4v) is 6.48. The molecule has 0 N–H and O–H groups in total. The van der Waals surface area contributed by atoms with E-state index < -0.39 is 0 Å². The van der Waals surface area contributed by atoms with Gasteiger partial charge in [-0.05, 0) is 65.0 Å².